The standard InChI is InChI=1S/C24H31ClN4O3/c1-15-8-20(27-28-23(15)29-12-16(2)32-17(3)13-29)6-7-21(30)9-19-10-22(25)24(26-11-19)31-14-18-4-5-18/h8,10-11,16-18H,4-7,9,12-14H2,1-3H3. The molecule has 2 aromatic rings. The number of morpholine rings is 1. The van der Waals surface area contributed by atoms with Crippen LogP contribution in [0.15, 0.2) is 18.3 Å². The number of pyridine rings is 1. The number of halogens is 1. The molecule has 1 aliphatic heterocycles. The van der Waals surface area contributed by atoms with Gasteiger partial charge < -0.3 is 14.4 Å². The highest BCUT2D eigenvalue weighted by molar-refractivity contribution is 6.31. The number of rotatable bonds is 9. The van der Waals surface area contributed by atoms with Crippen molar-refractivity contribution in [1.82, 2.24) is 15.2 Å². The summed E-state index contributed by atoms with van der Waals surface area (Å²) < 4.78 is 11.5. The second-order valence-corrected chi connectivity index (χ2v) is 9.51. The van der Waals surface area contributed by atoms with Crippen LogP contribution in [0, 0.1) is 12.8 Å². The van der Waals surface area contributed by atoms with Gasteiger partial charge in [0.1, 0.15) is 10.8 Å². The highest BCUT2D eigenvalue weighted by Crippen LogP contribution is 2.31. The molecule has 2 atom stereocenters. The number of nitrogens with zero attached hydrogens (tertiary/aromatic N) is 4. The van der Waals surface area contributed by atoms with Crippen LogP contribution in [0.1, 0.15) is 49.9 Å². The Balaban J connectivity index is 1.29. The van der Waals surface area contributed by atoms with E-state index in [1.165, 1.54) is 12.8 Å². The average Bonchev–Trinajstić information content (AvgIpc) is 3.55. The van der Waals surface area contributed by atoms with E-state index in [2.05, 4.69) is 33.9 Å². The molecule has 2 aromatic heterocycles. The Morgan fingerprint density at radius 3 is 2.62 bits per heavy atom. The summed E-state index contributed by atoms with van der Waals surface area (Å²) in [6.45, 7) is 8.46. The van der Waals surface area contributed by atoms with Gasteiger partial charge in [0.05, 0.1) is 24.5 Å². The maximum atomic E-state index is 12.5. The number of carbonyl (C=O) groups is 1. The summed E-state index contributed by atoms with van der Waals surface area (Å²) in [5.41, 5.74) is 2.70. The van der Waals surface area contributed by atoms with Gasteiger partial charge >= 0.3 is 0 Å². The highest BCUT2D eigenvalue weighted by atomic mass is 35.5. The van der Waals surface area contributed by atoms with Crippen LogP contribution in [0.4, 0.5) is 5.82 Å². The topological polar surface area (TPSA) is 77.4 Å². The van der Waals surface area contributed by atoms with Gasteiger partial charge in [0.2, 0.25) is 5.88 Å². The van der Waals surface area contributed by atoms with E-state index in [-0.39, 0.29) is 18.0 Å². The van der Waals surface area contributed by atoms with Crippen LogP contribution in [-0.4, -0.2) is 52.9 Å². The van der Waals surface area contributed by atoms with Crippen LogP contribution in [0.3, 0.4) is 0 Å². The van der Waals surface area contributed by atoms with Crippen molar-refractivity contribution in [2.75, 3.05) is 24.6 Å². The minimum Gasteiger partial charge on any atom is -0.476 e. The molecule has 3 heterocycles. The molecule has 1 saturated carbocycles. The molecule has 7 nitrogen and oxygen atoms in total. The van der Waals surface area contributed by atoms with E-state index in [1.807, 2.05) is 13.0 Å². The van der Waals surface area contributed by atoms with Gasteiger partial charge in [-0.1, -0.05) is 11.6 Å². The van der Waals surface area contributed by atoms with Crippen molar-refractivity contribution in [3.63, 3.8) is 0 Å². The maximum Gasteiger partial charge on any atom is 0.232 e. The van der Waals surface area contributed by atoms with Crippen LogP contribution in [0.25, 0.3) is 0 Å². The molecule has 4 rings (SSSR count). The molecule has 2 unspecified atom stereocenters. The predicted octanol–water partition coefficient (Wildman–Crippen LogP) is 3.98. The fraction of sp³-hybridized carbons (Fsp3) is 0.583. The van der Waals surface area contributed by atoms with Crippen molar-refractivity contribution in [3.05, 3.63) is 40.2 Å². The minimum absolute atomic E-state index is 0.119. The molecule has 1 saturated heterocycles. The third-order valence-electron chi connectivity index (χ3n) is 5.81. The number of carbonyl (C=O) groups excluding carboxylic acids is 1. The van der Waals surface area contributed by atoms with Crippen molar-refractivity contribution in [2.45, 2.75) is 65.1 Å². The summed E-state index contributed by atoms with van der Waals surface area (Å²) in [7, 11) is 0. The predicted molar refractivity (Wildman–Crippen MR) is 123 cm³/mol. The fourth-order valence-electron chi connectivity index (χ4n) is 4.05. The summed E-state index contributed by atoms with van der Waals surface area (Å²) in [6, 6.07) is 3.81. The van der Waals surface area contributed by atoms with E-state index in [0.717, 1.165) is 35.7 Å². The van der Waals surface area contributed by atoms with Crippen molar-refractivity contribution in [3.8, 4) is 5.88 Å². The first-order chi connectivity index (χ1) is 15.4. The number of ether oxygens (including phenoxy) is 2. The monoisotopic (exact) mass is 458 g/mol. The van der Waals surface area contributed by atoms with Gasteiger partial charge in [-0.25, -0.2) is 4.98 Å². The second-order valence-electron chi connectivity index (χ2n) is 9.10. The van der Waals surface area contributed by atoms with E-state index >= 15 is 0 Å². The smallest absolute Gasteiger partial charge is 0.232 e. The highest BCUT2D eigenvalue weighted by Gasteiger charge is 2.25. The Morgan fingerprint density at radius 2 is 1.97 bits per heavy atom. The van der Waals surface area contributed by atoms with Gasteiger partial charge in [-0.15, -0.1) is 5.10 Å². The molecule has 0 radical (unpaired) electrons. The first-order valence-electron chi connectivity index (χ1n) is 11.4. The normalized spacial score (nSPS) is 20.9. The zero-order valence-electron chi connectivity index (χ0n) is 19.0. The average molecular weight is 459 g/mol. The molecule has 1 aliphatic carbocycles. The van der Waals surface area contributed by atoms with E-state index in [9.17, 15) is 4.79 Å². The summed E-state index contributed by atoms with van der Waals surface area (Å²) in [5, 5.41) is 9.29. The van der Waals surface area contributed by atoms with Gasteiger partial charge in [-0.3, -0.25) is 4.79 Å². The van der Waals surface area contributed by atoms with Crippen LogP contribution in [0.2, 0.25) is 5.02 Å². The summed E-state index contributed by atoms with van der Waals surface area (Å²) in [4.78, 5) is 19.0. The number of ketones is 1. The summed E-state index contributed by atoms with van der Waals surface area (Å²) in [6.07, 6.45) is 5.69. The molecule has 32 heavy (non-hydrogen) atoms. The number of hydrogen-bond donors (Lipinski definition) is 0. The number of anilines is 1. The third-order valence-corrected chi connectivity index (χ3v) is 6.08. The lowest BCUT2D eigenvalue weighted by Gasteiger charge is -2.36. The Labute approximate surface area is 194 Å². The van der Waals surface area contributed by atoms with Gasteiger partial charge in [0.25, 0.3) is 0 Å². The van der Waals surface area contributed by atoms with Gasteiger partial charge in [0, 0.05) is 32.1 Å². The molecule has 0 amide bonds. The molecule has 0 spiro atoms. The van der Waals surface area contributed by atoms with Crippen LogP contribution in [-0.2, 0) is 22.4 Å². The first-order valence-corrected chi connectivity index (χ1v) is 11.8. The second kappa shape index (κ2) is 10.1. The lowest BCUT2D eigenvalue weighted by Crippen LogP contribution is -2.46. The van der Waals surface area contributed by atoms with Crippen molar-refractivity contribution >= 4 is 23.2 Å². The summed E-state index contributed by atoms with van der Waals surface area (Å²) in [5.74, 6) is 2.10. The molecule has 2 aliphatic rings. The van der Waals surface area contributed by atoms with Gasteiger partial charge in [-0.05, 0) is 69.2 Å². The lowest BCUT2D eigenvalue weighted by molar-refractivity contribution is -0.118. The first kappa shape index (κ1) is 22.9. The maximum absolute atomic E-state index is 12.5. The Bertz CT molecular complexity index is 956. The van der Waals surface area contributed by atoms with E-state index in [1.54, 1.807) is 12.3 Å². The minimum atomic E-state index is 0.119. The van der Waals surface area contributed by atoms with Crippen LogP contribution in [0.5, 0.6) is 5.88 Å². The number of aromatic nitrogens is 3. The van der Waals surface area contributed by atoms with E-state index in [4.69, 9.17) is 21.1 Å². The zero-order valence-corrected chi connectivity index (χ0v) is 19.8. The molecule has 172 valence electrons. The fourth-order valence-corrected chi connectivity index (χ4v) is 4.30. The zero-order chi connectivity index (χ0) is 22.7. The van der Waals surface area contributed by atoms with Gasteiger partial charge in [-0.2, -0.15) is 5.10 Å². The molecule has 0 aromatic carbocycles. The molecule has 2 fully saturated rings. The molecular weight excluding hydrogens is 428 g/mol. The Hall–Kier alpha value is -2.25. The van der Waals surface area contributed by atoms with E-state index in [0.29, 0.717) is 42.7 Å². The number of aryl methyl sites for hydroxylation is 2. The van der Waals surface area contributed by atoms with Gasteiger partial charge in [0.15, 0.2) is 5.82 Å². The van der Waals surface area contributed by atoms with Crippen molar-refractivity contribution in [1.29, 1.82) is 0 Å². The van der Waals surface area contributed by atoms with Crippen LogP contribution < -0.4 is 9.64 Å². The molecule has 0 N–H and O–H groups in total. The summed E-state index contributed by atoms with van der Waals surface area (Å²) >= 11 is 6.28. The van der Waals surface area contributed by atoms with E-state index < -0.39 is 0 Å². The van der Waals surface area contributed by atoms with Crippen molar-refractivity contribution < 1.29 is 14.3 Å². The molecular formula is C24H31ClN4O3. The Morgan fingerprint density at radius 1 is 1.22 bits per heavy atom. The number of Topliss-reactive ketones (excluding diaryl/α,β-unsaturated/α-hetero) is 1. The Kier molecular flexibility index (Phi) is 7.26. The SMILES string of the molecule is Cc1cc(CCC(=O)Cc2cnc(OCC3CC3)c(Cl)c2)nnc1N1CC(C)OC(C)C1. The quantitative estimate of drug-likeness (QED) is 0.562. The lowest BCUT2D eigenvalue weighted by atomic mass is 10.1. The molecule has 8 heteroatoms. The largest absolute Gasteiger partial charge is 0.476 e. The van der Waals surface area contributed by atoms with Crippen molar-refractivity contribution in [2.24, 2.45) is 5.92 Å². The molecule has 0 bridgehead atoms. The third kappa shape index (κ3) is 6.17. The number of hydrogen-bond acceptors (Lipinski definition) is 7. The van der Waals surface area contributed by atoms with Crippen LogP contribution >= 0.6 is 11.6 Å².